The van der Waals surface area contributed by atoms with Gasteiger partial charge in [-0.3, -0.25) is 0 Å². The lowest BCUT2D eigenvalue weighted by Gasteiger charge is -2.03. The van der Waals surface area contributed by atoms with E-state index >= 15 is 0 Å². The molecule has 96 valence electrons. The topological polar surface area (TPSA) is 42.4 Å². The molecule has 0 aliphatic carbocycles. The van der Waals surface area contributed by atoms with Crippen molar-refractivity contribution in [3.8, 4) is 5.75 Å². The maximum atomic E-state index is 9.18. The molecule has 1 aromatic heterocycles. The Morgan fingerprint density at radius 1 is 1.28 bits per heavy atom. The number of ether oxygens (including phenoxy) is 1. The summed E-state index contributed by atoms with van der Waals surface area (Å²) in [6.45, 7) is 4.58. The first-order valence-corrected chi connectivity index (χ1v) is 6.82. The van der Waals surface area contributed by atoms with Gasteiger partial charge in [0.05, 0.1) is 12.3 Å². The highest BCUT2D eigenvalue weighted by molar-refractivity contribution is 7.11. The second-order valence-corrected chi connectivity index (χ2v) is 5.26. The first-order valence-electron chi connectivity index (χ1n) is 6.00. The molecule has 0 fully saturated rings. The summed E-state index contributed by atoms with van der Waals surface area (Å²) < 4.78 is 5.67. The Hall–Kier alpha value is -1.39. The van der Waals surface area contributed by atoms with Crippen LogP contribution < -0.4 is 4.74 Å². The quantitative estimate of drug-likeness (QED) is 0.901. The highest BCUT2D eigenvalue weighted by atomic mass is 32.1. The van der Waals surface area contributed by atoms with Crippen molar-refractivity contribution in [3.05, 3.63) is 45.4 Å². The Morgan fingerprint density at radius 3 is 2.56 bits per heavy atom. The first-order chi connectivity index (χ1) is 8.72. The molecule has 0 aliphatic heterocycles. The van der Waals surface area contributed by atoms with Crippen molar-refractivity contribution in [3.63, 3.8) is 0 Å². The van der Waals surface area contributed by atoms with Crippen molar-refractivity contribution in [1.29, 1.82) is 0 Å². The number of aromatic nitrogens is 1. The van der Waals surface area contributed by atoms with Crippen LogP contribution in [0, 0.1) is 6.92 Å². The van der Waals surface area contributed by atoms with Crippen molar-refractivity contribution < 1.29 is 9.84 Å². The van der Waals surface area contributed by atoms with Gasteiger partial charge in [-0.05, 0) is 25.5 Å². The van der Waals surface area contributed by atoms with E-state index in [9.17, 15) is 5.11 Å². The van der Waals surface area contributed by atoms with E-state index in [0.29, 0.717) is 6.61 Å². The third-order valence-electron chi connectivity index (χ3n) is 2.68. The van der Waals surface area contributed by atoms with Gasteiger partial charge in [-0.2, -0.15) is 0 Å². The van der Waals surface area contributed by atoms with Crippen LogP contribution in [0.25, 0.3) is 0 Å². The summed E-state index contributed by atoms with van der Waals surface area (Å²) in [5.41, 5.74) is 2.00. The van der Waals surface area contributed by atoms with Gasteiger partial charge < -0.3 is 9.84 Å². The number of hydrogen-bond acceptors (Lipinski definition) is 4. The van der Waals surface area contributed by atoms with Crippen molar-refractivity contribution in [2.24, 2.45) is 0 Å². The fourth-order valence-electron chi connectivity index (χ4n) is 1.68. The van der Waals surface area contributed by atoms with Gasteiger partial charge in [-0.1, -0.05) is 24.6 Å². The molecule has 0 spiro atoms. The van der Waals surface area contributed by atoms with E-state index in [2.05, 4.69) is 11.9 Å². The van der Waals surface area contributed by atoms with Crippen molar-refractivity contribution >= 4 is 11.3 Å². The summed E-state index contributed by atoms with van der Waals surface area (Å²) in [4.78, 5) is 5.51. The third-order valence-corrected chi connectivity index (χ3v) is 3.89. The molecule has 0 radical (unpaired) electrons. The minimum absolute atomic E-state index is 0.00417. The number of benzene rings is 1. The van der Waals surface area contributed by atoms with Gasteiger partial charge in [0.15, 0.2) is 0 Å². The minimum atomic E-state index is 0.00417. The molecule has 0 saturated carbocycles. The van der Waals surface area contributed by atoms with Gasteiger partial charge in [0.1, 0.15) is 17.4 Å². The van der Waals surface area contributed by atoms with Gasteiger partial charge in [-0.25, -0.2) is 4.98 Å². The number of aryl methyl sites for hydroxylation is 2. The average Bonchev–Trinajstić information content (AvgIpc) is 2.80. The standard InChI is InChI=1S/C14H17NO2S/c1-3-13-12(8-16)15-14(18-13)9-17-11-6-4-10(2)5-7-11/h4-7,16H,3,8-9H2,1-2H3. The number of hydrogen-bond donors (Lipinski definition) is 1. The van der Waals surface area contributed by atoms with Crippen molar-refractivity contribution in [1.82, 2.24) is 4.98 Å². The van der Waals surface area contributed by atoms with Crippen LogP contribution in [-0.4, -0.2) is 10.1 Å². The second-order valence-electron chi connectivity index (χ2n) is 4.09. The Labute approximate surface area is 111 Å². The summed E-state index contributed by atoms with van der Waals surface area (Å²) in [7, 11) is 0. The molecule has 0 atom stereocenters. The molecular formula is C14H17NO2S. The Kier molecular flexibility index (Phi) is 4.33. The monoisotopic (exact) mass is 263 g/mol. The Morgan fingerprint density at radius 2 is 2.00 bits per heavy atom. The van der Waals surface area contributed by atoms with Gasteiger partial charge in [0.25, 0.3) is 0 Å². The maximum absolute atomic E-state index is 9.18. The molecule has 1 N–H and O–H groups in total. The molecule has 0 unspecified atom stereocenters. The van der Waals surface area contributed by atoms with Crippen LogP contribution in [0.1, 0.15) is 28.1 Å². The highest BCUT2D eigenvalue weighted by Crippen LogP contribution is 2.21. The molecule has 0 saturated heterocycles. The molecule has 2 rings (SSSR count). The zero-order valence-electron chi connectivity index (χ0n) is 10.6. The fourth-order valence-corrected chi connectivity index (χ4v) is 2.61. The lowest BCUT2D eigenvalue weighted by atomic mass is 10.2. The average molecular weight is 263 g/mol. The predicted molar refractivity (Wildman–Crippen MR) is 72.9 cm³/mol. The van der Waals surface area contributed by atoms with E-state index in [1.807, 2.05) is 31.2 Å². The minimum Gasteiger partial charge on any atom is -0.486 e. The number of aliphatic hydroxyl groups is 1. The first kappa shape index (κ1) is 13.1. The lowest BCUT2D eigenvalue weighted by Crippen LogP contribution is -1.95. The van der Waals surface area contributed by atoms with Crippen LogP contribution in [0.2, 0.25) is 0 Å². The van der Waals surface area contributed by atoms with E-state index < -0.39 is 0 Å². The maximum Gasteiger partial charge on any atom is 0.140 e. The smallest absolute Gasteiger partial charge is 0.140 e. The highest BCUT2D eigenvalue weighted by Gasteiger charge is 2.09. The number of aliphatic hydroxyl groups excluding tert-OH is 1. The van der Waals surface area contributed by atoms with Gasteiger partial charge in [0, 0.05) is 4.88 Å². The number of nitrogens with zero attached hydrogens (tertiary/aromatic N) is 1. The zero-order valence-corrected chi connectivity index (χ0v) is 11.5. The Balaban J connectivity index is 2.01. The van der Waals surface area contributed by atoms with Crippen LogP contribution >= 0.6 is 11.3 Å². The van der Waals surface area contributed by atoms with E-state index in [1.165, 1.54) is 5.56 Å². The zero-order chi connectivity index (χ0) is 13.0. The largest absolute Gasteiger partial charge is 0.486 e. The molecule has 3 nitrogen and oxygen atoms in total. The molecule has 4 heteroatoms. The summed E-state index contributed by atoms with van der Waals surface area (Å²) in [6.07, 6.45) is 0.901. The predicted octanol–water partition coefficient (Wildman–Crippen LogP) is 3.09. The summed E-state index contributed by atoms with van der Waals surface area (Å²) in [6, 6.07) is 7.95. The molecule has 18 heavy (non-hydrogen) atoms. The van der Waals surface area contributed by atoms with E-state index in [1.54, 1.807) is 11.3 Å². The Bertz CT molecular complexity index is 484. The summed E-state index contributed by atoms with van der Waals surface area (Å²) in [5.74, 6) is 0.847. The van der Waals surface area contributed by atoms with Crippen LogP contribution in [-0.2, 0) is 19.6 Å². The van der Waals surface area contributed by atoms with Gasteiger partial charge >= 0.3 is 0 Å². The molecule has 1 aromatic carbocycles. The molecule has 0 amide bonds. The number of thiazole rings is 1. The second kappa shape index (κ2) is 5.98. The molecule has 2 aromatic rings. The molecule has 1 heterocycles. The van der Waals surface area contributed by atoms with Crippen molar-refractivity contribution in [2.45, 2.75) is 33.5 Å². The lowest BCUT2D eigenvalue weighted by molar-refractivity contribution is 0.274. The number of rotatable bonds is 5. The normalized spacial score (nSPS) is 10.6. The third kappa shape index (κ3) is 3.09. The SMILES string of the molecule is CCc1sc(COc2ccc(C)cc2)nc1CO. The van der Waals surface area contributed by atoms with Crippen molar-refractivity contribution in [2.75, 3.05) is 0 Å². The van der Waals surface area contributed by atoms with E-state index in [-0.39, 0.29) is 6.61 Å². The van der Waals surface area contributed by atoms with E-state index in [4.69, 9.17) is 4.74 Å². The molecular weight excluding hydrogens is 246 g/mol. The molecule has 0 bridgehead atoms. The summed E-state index contributed by atoms with van der Waals surface area (Å²) in [5, 5.41) is 10.1. The van der Waals surface area contributed by atoms with Crippen LogP contribution in [0.3, 0.4) is 0 Å². The fraction of sp³-hybridized carbons (Fsp3) is 0.357. The molecule has 0 aliphatic rings. The van der Waals surface area contributed by atoms with Crippen LogP contribution in [0.4, 0.5) is 0 Å². The van der Waals surface area contributed by atoms with Crippen LogP contribution in [0.15, 0.2) is 24.3 Å². The summed E-state index contributed by atoms with van der Waals surface area (Å²) >= 11 is 1.61. The van der Waals surface area contributed by atoms with Gasteiger partial charge in [0.2, 0.25) is 0 Å². The van der Waals surface area contributed by atoms with E-state index in [0.717, 1.165) is 27.7 Å². The van der Waals surface area contributed by atoms with Crippen LogP contribution in [0.5, 0.6) is 5.75 Å². The van der Waals surface area contributed by atoms with Gasteiger partial charge in [-0.15, -0.1) is 11.3 Å².